The second-order valence-corrected chi connectivity index (χ2v) is 5.00. The zero-order chi connectivity index (χ0) is 14.7. The lowest BCUT2D eigenvalue weighted by Crippen LogP contribution is -2.23. The molecule has 0 heterocycles. The Balaban J connectivity index is 4.98. The summed E-state index contributed by atoms with van der Waals surface area (Å²) in [6.07, 6.45) is 7.77. The summed E-state index contributed by atoms with van der Waals surface area (Å²) in [5.74, 6) is 0. The summed E-state index contributed by atoms with van der Waals surface area (Å²) in [4.78, 5) is 0. The largest absolute Gasteiger partial charge is 0.281 e. The number of allylic oxidation sites excluding steroid dienone is 3. The Kier molecular flexibility index (Phi) is 9.63. The molecule has 0 spiro atoms. The third-order valence-electron chi connectivity index (χ3n) is 3.27. The Morgan fingerprint density at radius 2 is 2.00 bits per heavy atom. The lowest BCUT2D eigenvalue weighted by Gasteiger charge is -2.24. The molecular weight excluding hydrogens is 261 g/mol. The van der Waals surface area contributed by atoms with Crippen LogP contribution in [0.5, 0.6) is 0 Å². The van der Waals surface area contributed by atoms with Crippen molar-refractivity contribution in [2.24, 2.45) is 0 Å². The molecule has 0 aliphatic carbocycles. The van der Waals surface area contributed by atoms with Crippen molar-refractivity contribution < 1.29 is 8.07 Å². The smallest absolute Gasteiger partial charge is 0.208 e. The molecule has 0 bridgehead atoms. The highest BCUT2D eigenvalue weighted by Crippen LogP contribution is 2.29. The summed E-state index contributed by atoms with van der Waals surface area (Å²) < 4.78 is 17.4. The van der Waals surface area contributed by atoms with Gasteiger partial charge in [-0.2, -0.15) is 5.26 Å². The summed E-state index contributed by atoms with van der Waals surface area (Å²) in [6.45, 7) is 8.01. The van der Waals surface area contributed by atoms with Crippen LogP contribution >= 0.6 is 12.4 Å². The van der Waals surface area contributed by atoms with Gasteiger partial charge in [-0.15, -0.1) is 3.89 Å². The van der Waals surface area contributed by atoms with Crippen LogP contribution in [0.4, 0.5) is 3.89 Å². The minimum Gasteiger partial charge on any atom is -0.281 e. The molecule has 0 fully saturated rings. The van der Waals surface area contributed by atoms with Gasteiger partial charge in [-0.05, 0) is 43.8 Å². The Morgan fingerprint density at radius 3 is 2.42 bits per heavy atom. The summed E-state index contributed by atoms with van der Waals surface area (Å²) in [6, 6.07) is 2.20. The van der Waals surface area contributed by atoms with Gasteiger partial charge in [0.25, 0.3) is 0 Å². The highest BCUT2D eigenvalue weighted by Gasteiger charge is 2.23. The van der Waals surface area contributed by atoms with Gasteiger partial charge in [0.05, 0.1) is 18.1 Å². The molecule has 0 N–H and O–H groups in total. The van der Waals surface area contributed by atoms with Crippen LogP contribution in [0.2, 0.25) is 0 Å². The third-order valence-corrected chi connectivity index (χ3v) is 3.74. The van der Waals surface area contributed by atoms with Gasteiger partial charge in [-0.1, -0.05) is 32.9 Å². The molecule has 0 saturated heterocycles. The fraction of sp³-hybridized carbons (Fsp3) is 0.667. The number of nitrogens with zero attached hydrogens (tertiary/aromatic N) is 1. The number of rotatable bonds is 9. The maximum Gasteiger partial charge on any atom is 0.208 e. The van der Waals surface area contributed by atoms with Crippen LogP contribution in [-0.2, 0) is 4.18 Å². The van der Waals surface area contributed by atoms with E-state index in [0.29, 0.717) is 12.8 Å². The first kappa shape index (κ1) is 18.2. The molecule has 0 amide bonds. The van der Waals surface area contributed by atoms with Crippen LogP contribution in [0.15, 0.2) is 23.3 Å². The minimum atomic E-state index is -0.496. The molecule has 0 aromatic rings. The Hall–Kier alpha value is -0.790. The van der Waals surface area contributed by atoms with Crippen molar-refractivity contribution in [1.82, 2.24) is 0 Å². The lowest BCUT2D eigenvalue weighted by atomic mass is 9.93. The van der Waals surface area contributed by atoms with Crippen LogP contribution < -0.4 is 0 Å². The van der Waals surface area contributed by atoms with Crippen molar-refractivity contribution in [3.8, 4) is 6.07 Å². The standard InChI is InChI=1S/C15H24FNOS/c1-5-8-14(10-12-17)13(6-2)9-11-15(4,7-3)18-19-16/h8-9H,5-7,10-11H2,1-4H3/b13-9+,14-8?. The van der Waals surface area contributed by atoms with E-state index < -0.39 is 5.60 Å². The van der Waals surface area contributed by atoms with Gasteiger partial charge in [0.1, 0.15) is 0 Å². The van der Waals surface area contributed by atoms with E-state index in [1.54, 1.807) is 0 Å². The second-order valence-electron chi connectivity index (χ2n) is 4.71. The average Bonchev–Trinajstić information content (AvgIpc) is 2.40. The molecule has 0 rings (SSSR count). The topological polar surface area (TPSA) is 33.0 Å². The van der Waals surface area contributed by atoms with Crippen molar-refractivity contribution >= 4 is 12.4 Å². The predicted octanol–water partition coefficient (Wildman–Crippen LogP) is 5.68. The summed E-state index contributed by atoms with van der Waals surface area (Å²) in [7, 11) is 0. The maximum atomic E-state index is 12.3. The van der Waals surface area contributed by atoms with E-state index in [9.17, 15) is 3.89 Å². The Labute approximate surface area is 121 Å². The van der Waals surface area contributed by atoms with Gasteiger partial charge in [0.2, 0.25) is 12.4 Å². The zero-order valence-corrected chi connectivity index (χ0v) is 13.1. The van der Waals surface area contributed by atoms with Crippen LogP contribution in [0.3, 0.4) is 0 Å². The van der Waals surface area contributed by atoms with E-state index >= 15 is 0 Å². The Bertz CT molecular complexity index is 360. The third kappa shape index (κ3) is 6.79. The first-order valence-corrected chi connectivity index (χ1v) is 7.42. The van der Waals surface area contributed by atoms with Gasteiger partial charge >= 0.3 is 0 Å². The van der Waals surface area contributed by atoms with E-state index in [2.05, 4.69) is 32.1 Å². The second kappa shape index (κ2) is 10.1. The van der Waals surface area contributed by atoms with Crippen molar-refractivity contribution in [2.75, 3.05) is 0 Å². The number of halogens is 1. The molecule has 0 aromatic carbocycles. The van der Waals surface area contributed by atoms with Crippen molar-refractivity contribution in [2.45, 2.75) is 65.4 Å². The highest BCUT2D eigenvalue weighted by atomic mass is 32.2. The SMILES string of the molecule is CCC=C(CC#N)/C(=C/CC(C)(CC)OSF)CC. The van der Waals surface area contributed by atoms with Gasteiger partial charge in [0, 0.05) is 0 Å². The normalized spacial score (nSPS) is 16.0. The van der Waals surface area contributed by atoms with Crippen molar-refractivity contribution in [3.05, 3.63) is 23.3 Å². The van der Waals surface area contributed by atoms with E-state index in [-0.39, 0.29) is 12.4 Å². The van der Waals surface area contributed by atoms with E-state index in [1.807, 2.05) is 13.8 Å². The summed E-state index contributed by atoms with van der Waals surface area (Å²) in [5.41, 5.74) is 1.75. The molecule has 0 saturated carbocycles. The summed E-state index contributed by atoms with van der Waals surface area (Å²) in [5, 5.41) is 8.87. The maximum absolute atomic E-state index is 12.3. The van der Waals surface area contributed by atoms with Gasteiger partial charge in [0.15, 0.2) is 0 Å². The number of nitriles is 1. The number of hydrogen-bond acceptors (Lipinski definition) is 3. The fourth-order valence-corrected chi connectivity index (χ4v) is 2.14. The minimum absolute atomic E-state index is 0.0749. The molecule has 1 unspecified atom stereocenters. The first-order chi connectivity index (χ1) is 9.06. The van der Waals surface area contributed by atoms with Crippen molar-refractivity contribution in [1.29, 1.82) is 5.26 Å². The Morgan fingerprint density at radius 1 is 1.32 bits per heavy atom. The molecule has 0 aromatic heterocycles. The lowest BCUT2D eigenvalue weighted by molar-refractivity contribution is 0.111. The molecule has 0 radical (unpaired) electrons. The molecule has 2 nitrogen and oxygen atoms in total. The van der Waals surface area contributed by atoms with E-state index in [4.69, 9.17) is 9.44 Å². The molecule has 108 valence electrons. The molecular formula is C15H24FNOS. The van der Waals surface area contributed by atoms with Crippen LogP contribution in [0, 0.1) is 11.3 Å². The van der Waals surface area contributed by atoms with Gasteiger partial charge in [-0.3, -0.25) is 4.18 Å². The van der Waals surface area contributed by atoms with Crippen molar-refractivity contribution in [3.63, 3.8) is 0 Å². The first-order valence-electron chi connectivity index (χ1n) is 6.78. The highest BCUT2D eigenvalue weighted by molar-refractivity contribution is 7.89. The monoisotopic (exact) mass is 285 g/mol. The quantitative estimate of drug-likeness (QED) is 0.403. The van der Waals surface area contributed by atoms with Crippen LogP contribution in [0.25, 0.3) is 0 Å². The molecule has 0 aliphatic heterocycles. The van der Waals surface area contributed by atoms with Gasteiger partial charge in [-0.25, -0.2) is 0 Å². The van der Waals surface area contributed by atoms with Gasteiger partial charge < -0.3 is 0 Å². The predicted molar refractivity (Wildman–Crippen MR) is 80.1 cm³/mol. The molecule has 4 heteroatoms. The zero-order valence-electron chi connectivity index (χ0n) is 12.3. The van der Waals surface area contributed by atoms with E-state index in [0.717, 1.165) is 30.4 Å². The number of hydrogen-bond donors (Lipinski definition) is 0. The summed E-state index contributed by atoms with van der Waals surface area (Å²) >= 11 is -0.0749. The fourth-order valence-electron chi connectivity index (χ4n) is 1.80. The average molecular weight is 285 g/mol. The molecule has 19 heavy (non-hydrogen) atoms. The van der Waals surface area contributed by atoms with Crippen LogP contribution in [0.1, 0.15) is 59.8 Å². The molecule has 0 aliphatic rings. The van der Waals surface area contributed by atoms with Crippen LogP contribution in [-0.4, -0.2) is 5.60 Å². The van der Waals surface area contributed by atoms with E-state index in [1.165, 1.54) is 0 Å². The molecule has 1 atom stereocenters.